The number of rotatable bonds is 0. The van der Waals surface area contributed by atoms with Crippen LogP contribution in [-0.4, -0.2) is 122 Å². The average Bonchev–Trinajstić information content (AvgIpc) is 3.70. The Morgan fingerprint density at radius 3 is 1.57 bits per heavy atom. The van der Waals surface area contributed by atoms with Gasteiger partial charge in [0.05, 0.1) is 33.9 Å². The van der Waals surface area contributed by atoms with Crippen molar-refractivity contribution in [3.8, 4) is 68.6 Å². The maximum absolute atomic E-state index is 14.2. The predicted molar refractivity (Wildman–Crippen MR) is 180 cm³/mol. The van der Waals surface area contributed by atoms with Crippen molar-refractivity contribution in [1.29, 1.82) is 0 Å². The second kappa shape index (κ2) is 12.6. The fraction of sp³-hybridized carbons (Fsp3) is 0.194. The Morgan fingerprint density at radius 1 is 0.483 bits per heavy atom. The van der Waals surface area contributed by atoms with Gasteiger partial charge < -0.3 is 85.5 Å². The van der Waals surface area contributed by atoms with Crippen LogP contribution in [0.3, 0.4) is 0 Å². The first-order chi connectivity index (χ1) is 27.3. The van der Waals surface area contributed by atoms with Crippen LogP contribution in [0.15, 0.2) is 24.3 Å². The summed E-state index contributed by atoms with van der Waals surface area (Å²) in [5.41, 5.74) is -7.67. The highest BCUT2D eigenvalue weighted by Gasteiger charge is 2.51. The minimum Gasteiger partial charge on any atom is -0.507 e. The van der Waals surface area contributed by atoms with E-state index in [1.807, 2.05) is 0 Å². The van der Waals surface area contributed by atoms with Crippen LogP contribution < -0.4 is 5.32 Å². The third-order valence-corrected chi connectivity index (χ3v) is 10.2. The molecule has 4 aromatic carbocycles. The summed E-state index contributed by atoms with van der Waals surface area (Å²) < 4.78 is 21.6. The molecule has 0 aromatic heterocycles. The molecule has 4 heterocycles. The van der Waals surface area contributed by atoms with E-state index in [0.717, 1.165) is 6.07 Å². The molecule has 8 rings (SSSR count). The largest absolute Gasteiger partial charge is 0.507 e. The van der Waals surface area contributed by atoms with E-state index in [9.17, 15) is 85.3 Å². The monoisotopic (exact) mass is 807 g/mol. The van der Waals surface area contributed by atoms with Crippen molar-refractivity contribution in [2.45, 2.75) is 36.6 Å². The lowest BCUT2D eigenvalue weighted by Crippen LogP contribution is -2.52. The molecule has 0 aliphatic carbocycles. The zero-order valence-corrected chi connectivity index (χ0v) is 28.5. The molecule has 0 unspecified atom stereocenters. The van der Waals surface area contributed by atoms with Crippen LogP contribution in [0.5, 0.6) is 57.5 Å². The molecule has 58 heavy (non-hydrogen) atoms. The van der Waals surface area contributed by atoms with Crippen molar-refractivity contribution >= 4 is 29.8 Å². The molecule has 4 aliphatic heterocycles. The quantitative estimate of drug-likeness (QED) is 0.0637. The first-order valence-electron chi connectivity index (χ1n) is 16.5. The fourth-order valence-corrected chi connectivity index (χ4v) is 7.41. The van der Waals surface area contributed by atoms with Crippen molar-refractivity contribution in [3.05, 3.63) is 68.8 Å². The van der Waals surface area contributed by atoms with E-state index in [1.54, 1.807) is 0 Å². The predicted octanol–water partition coefficient (Wildman–Crippen LogP) is 0.111. The van der Waals surface area contributed by atoms with Gasteiger partial charge in [0.25, 0.3) is 5.91 Å². The number of aliphatic hydroxyl groups is 2. The van der Waals surface area contributed by atoms with E-state index in [-0.39, 0.29) is 0 Å². The standard InChI is InChI=1S/C36H25NO21/c38-11-2-8-15(25(45)21(11)41)16-9(3-12(39)22(42)26(16)46)36(54)57-30-14(5-55-33(8)51)56-34(52)10-4-13(40)23(43)27(47)18(10)20-17-6(32(50)37-20)1-7-19(24(17)44)31(58-35(7)53)29(49)28(30)48/h1-4,14,20,28-31,38-49H,5H2,(H,37,50)/t14-,20-,28+,29-,30-,31+/m1/s1. The van der Waals surface area contributed by atoms with Gasteiger partial charge in [-0.25, -0.2) is 19.2 Å². The number of cyclic esters (lactones) is 1. The number of aliphatic hydroxyl groups excluding tert-OH is 2. The van der Waals surface area contributed by atoms with E-state index in [2.05, 4.69) is 5.32 Å². The first-order valence-corrected chi connectivity index (χ1v) is 16.5. The summed E-state index contributed by atoms with van der Waals surface area (Å²) >= 11 is 0. The number of carbonyl (C=O) groups excluding carboxylic acids is 5. The molecule has 0 saturated carbocycles. The highest BCUT2D eigenvalue weighted by molar-refractivity contribution is 6.09. The SMILES string of the molecule is O=C1OC[C@H]2OC(=O)c3cc(O)c(O)c(O)c3[C@@H]3NC(=O)c4cc5c(c(O)c43)[C@H](OC5=O)[C@H](O)[C@H](O)[C@@H]2OC(=O)c2cc(O)c(O)c(O)c2-c2c1cc(O)c(O)c2O. The Morgan fingerprint density at radius 2 is 0.966 bits per heavy atom. The lowest BCUT2D eigenvalue weighted by Gasteiger charge is -2.33. The molecule has 2 bridgehead atoms. The third-order valence-electron chi connectivity index (χ3n) is 10.2. The van der Waals surface area contributed by atoms with E-state index >= 15 is 0 Å². The second-order valence-electron chi connectivity index (χ2n) is 13.4. The Kier molecular flexibility index (Phi) is 8.05. The average molecular weight is 808 g/mol. The molecule has 0 fully saturated rings. The Labute approximate surface area is 319 Å². The van der Waals surface area contributed by atoms with Gasteiger partial charge in [0.2, 0.25) is 17.2 Å². The minimum absolute atomic E-state index is 0.414. The van der Waals surface area contributed by atoms with E-state index in [1.165, 1.54) is 0 Å². The third kappa shape index (κ3) is 5.08. The summed E-state index contributed by atoms with van der Waals surface area (Å²) in [6, 6.07) is 0.601. The molecule has 300 valence electrons. The first kappa shape index (κ1) is 37.1. The van der Waals surface area contributed by atoms with E-state index in [4.69, 9.17) is 18.9 Å². The van der Waals surface area contributed by atoms with Crippen LogP contribution in [0.1, 0.15) is 80.6 Å². The topological polar surface area (TPSA) is 377 Å². The van der Waals surface area contributed by atoms with Crippen LogP contribution in [0, 0.1) is 0 Å². The highest BCUT2D eigenvalue weighted by Crippen LogP contribution is 2.54. The number of hydrogen-bond donors (Lipinski definition) is 13. The number of esters is 4. The summed E-state index contributed by atoms with van der Waals surface area (Å²) in [5, 5.41) is 133. The Balaban J connectivity index is 1.39. The molecule has 1 amide bonds. The molecule has 22 nitrogen and oxygen atoms in total. The van der Waals surface area contributed by atoms with Gasteiger partial charge >= 0.3 is 23.9 Å². The van der Waals surface area contributed by atoms with Crippen molar-refractivity contribution in [3.63, 3.8) is 0 Å². The van der Waals surface area contributed by atoms with Crippen molar-refractivity contribution < 1.29 is 104 Å². The molecule has 13 N–H and O–H groups in total. The number of amides is 1. The van der Waals surface area contributed by atoms with Gasteiger partial charge in [-0.3, -0.25) is 4.79 Å². The number of benzene rings is 4. The maximum atomic E-state index is 14.2. The lowest BCUT2D eigenvalue weighted by molar-refractivity contribution is -0.146. The van der Waals surface area contributed by atoms with Crippen LogP contribution in [0.4, 0.5) is 0 Å². The summed E-state index contributed by atoms with van der Waals surface area (Å²) in [7, 11) is 0. The number of hydrogen-bond acceptors (Lipinski definition) is 21. The van der Waals surface area contributed by atoms with Gasteiger partial charge in [-0.15, -0.1) is 0 Å². The molecule has 0 spiro atoms. The van der Waals surface area contributed by atoms with E-state index < -0.39 is 186 Å². The lowest BCUT2D eigenvalue weighted by atomic mass is 9.87. The number of phenols is 10. The number of fused-ring (bicyclic) bond motifs is 6. The molecular weight excluding hydrogens is 782 g/mol. The smallest absolute Gasteiger partial charge is 0.339 e. The zero-order chi connectivity index (χ0) is 42.0. The second-order valence-corrected chi connectivity index (χ2v) is 13.4. The number of ether oxygens (including phenoxy) is 4. The summed E-state index contributed by atoms with van der Waals surface area (Å²) in [6.07, 6.45) is -12.1. The number of phenolic OH excluding ortho intramolecular Hbond substituents is 10. The summed E-state index contributed by atoms with van der Waals surface area (Å²) in [4.78, 5) is 68.4. The van der Waals surface area contributed by atoms with Gasteiger partial charge in [-0.2, -0.15) is 0 Å². The highest BCUT2D eigenvalue weighted by atomic mass is 16.6. The number of carbonyl (C=O) groups is 5. The zero-order valence-electron chi connectivity index (χ0n) is 28.5. The molecule has 4 aliphatic rings. The fourth-order valence-electron chi connectivity index (χ4n) is 7.41. The van der Waals surface area contributed by atoms with Gasteiger partial charge in [-0.05, 0) is 24.3 Å². The number of aromatic hydroxyl groups is 10. The summed E-state index contributed by atoms with van der Waals surface area (Å²) in [6.45, 7) is -1.32. The van der Waals surface area contributed by atoms with Crippen molar-refractivity contribution in [1.82, 2.24) is 5.32 Å². The van der Waals surface area contributed by atoms with Crippen LogP contribution in [0.2, 0.25) is 0 Å². The molecular formula is C36H25NO21. The van der Waals surface area contributed by atoms with Crippen LogP contribution in [-0.2, 0) is 18.9 Å². The Hall–Kier alpha value is -7.85. The van der Waals surface area contributed by atoms with Gasteiger partial charge in [-0.1, -0.05) is 0 Å². The van der Waals surface area contributed by atoms with Gasteiger partial charge in [0.1, 0.15) is 24.6 Å². The molecule has 6 atom stereocenters. The molecule has 0 radical (unpaired) electrons. The molecule has 0 saturated heterocycles. The molecule has 4 aromatic rings. The number of nitrogens with one attached hydrogen (secondary N) is 1. The van der Waals surface area contributed by atoms with Crippen molar-refractivity contribution in [2.24, 2.45) is 0 Å². The van der Waals surface area contributed by atoms with Gasteiger partial charge in [0, 0.05) is 27.8 Å². The van der Waals surface area contributed by atoms with Crippen LogP contribution >= 0.6 is 0 Å². The van der Waals surface area contributed by atoms with E-state index in [0.29, 0.717) is 18.2 Å². The van der Waals surface area contributed by atoms with Gasteiger partial charge in [0.15, 0.2) is 52.8 Å². The maximum Gasteiger partial charge on any atom is 0.339 e. The Bertz CT molecular complexity index is 2600. The normalized spacial score (nSPS) is 23.4. The molecule has 22 heteroatoms. The summed E-state index contributed by atoms with van der Waals surface area (Å²) in [5.74, 6) is -19.8. The van der Waals surface area contributed by atoms with Crippen molar-refractivity contribution in [2.75, 3.05) is 6.61 Å². The minimum atomic E-state index is -2.64. The van der Waals surface area contributed by atoms with Crippen LogP contribution in [0.25, 0.3) is 11.1 Å².